The number of allylic oxidation sites excluding steroid dienone is 1. The van der Waals surface area contributed by atoms with E-state index >= 15 is 0 Å². The second-order valence-corrected chi connectivity index (χ2v) is 6.58. The minimum atomic E-state index is -0.319. The average molecular weight is 318 g/mol. The van der Waals surface area contributed by atoms with Crippen molar-refractivity contribution in [1.82, 2.24) is 0 Å². The lowest BCUT2D eigenvalue weighted by molar-refractivity contribution is 0.242. The molecule has 1 saturated carbocycles. The van der Waals surface area contributed by atoms with E-state index in [0.717, 1.165) is 37.0 Å². The third kappa shape index (κ3) is 4.57. The molecule has 0 heterocycles. The maximum atomic E-state index is 14.3. The van der Waals surface area contributed by atoms with E-state index in [0.29, 0.717) is 17.0 Å². The Balaban J connectivity index is 2.45. The van der Waals surface area contributed by atoms with Gasteiger partial charge in [0.1, 0.15) is 11.6 Å². The number of benzene rings is 1. The van der Waals surface area contributed by atoms with Crippen molar-refractivity contribution in [2.45, 2.75) is 65.5 Å². The largest absolute Gasteiger partial charge is 0.491 e. The van der Waals surface area contributed by atoms with Gasteiger partial charge in [0.2, 0.25) is 0 Å². The minimum Gasteiger partial charge on any atom is -0.491 e. The van der Waals surface area contributed by atoms with E-state index in [1.807, 2.05) is 27.7 Å². The molecule has 0 spiro atoms. The summed E-state index contributed by atoms with van der Waals surface area (Å²) in [5.74, 6) is 0.318. The third-order valence-electron chi connectivity index (χ3n) is 3.78. The molecule has 3 nitrogen and oxygen atoms in total. The number of hydrogen-bond acceptors (Lipinski definition) is 3. The van der Waals surface area contributed by atoms with Gasteiger partial charge in [-0.15, -0.1) is 0 Å². The first kappa shape index (κ1) is 17.5. The van der Waals surface area contributed by atoms with E-state index in [1.54, 1.807) is 12.1 Å². The first-order chi connectivity index (χ1) is 10.9. The van der Waals surface area contributed by atoms with Crippen LogP contribution in [-0.4, -0.2) is 17.9 Å². The standard InChI is InChI=1S/C19H27FN2O/c1-12(2)22-18-8-6-5-7-15(18)19(21)16-11-14(23-13(3)4)9-10-17(16)20/h9-13H,5-8,21H2,1-4H3. The van der Waals surface area contributed by atoms with Crippen LogP contribution in [0.3, 0.4) is 0 Å². The number of hydrogen-bond donors (Lipinski definition) is 1. The molecule has 23 heavy (non-hydrogen) atoms. The van der Waals surface area contributed by atoms with Crippen LogP contribution in [0, 0.1) is 5.82 Å². The van der Waals surface area contributed by atoms with Gasteiger partial charge in [-0.25, -0.2) is 4.39 Å². The van der Waals surface area contributed by atoms with E-state index in [-0.39, 0.29) is 18.0 Å². The Hall–Kier alpha value is -1.84. The fraction of sp³-hybridized carbons (Fsp3) is 0.526. The van der Waals surface area contributed by atoms with Crippen LogP contribution in [0.25, 0.3) is 5.70 Å². The highest BCUT2D eigenvalue weighted by molar-refractivity contribution is 6.06. The normalized spacial score (nSPS) is 19.5. The summed E-state index contributed by atoms with van der Waals surface area (Å²) in [5.41, 5.74) is 9.27. The van der Waals surface area contributed by atoms with Crippen LogP contribution < -0.4 is 10.5 Å². The monoisotopic (exact) mass is 318 g/mol. The second kappa shape index (κ2) is 7.62. The molecule has 4 heteroatoms. The number of aliphatic imine (C=N–C) groups is 1. The van der Waals surface area contributed by atoms with Gasteiger partial charge in [0.15, 0.2) is 0 Å². The zero-order chi connectivity index (χ0) is 17.0. The summed E-state index contributed by atoms with van der Waals surface area (Å²) >= 11 is 0. The summed E-state index contributed by atoms with van der Waals surface area (Å²) in [6, 6.07) is 4.97. The van der Waals surface area contributed by atoms with Crippen molar-refractivity contribution in [1.29, 1.82) is 0 Å². The van der Waals surface area contributed by atoms with E-state index in [2.05, 4.69) is 4.99 Å². The van der Waals surface area contributed by atoms with Gasteiger partial charge in [0.25, 0.3) is 0 Å². The van der Waals surface area contributed by atoms with Crippen molar-refractivity contribution in [2.75, 3.05) is 0 Å². The summed E-state index contributed by atoms with van der Waals surface area (Å²) in [6.07, 6.45) is 3.98. The number of nitrogens with zero attached hydrogens (tertiary/aromatic N) is 1. The molecule has 0 bridgehead atoms. The number of halogens is 1. The molecule has 0 atom stereocenters. The topological polar surface area (TPSA) is 47.6 Å². The molecule has 0 radical (unpaired) electrons. The second-order valence-electron chi connectivity index (χ2n) is 6.58. The molecule has 0 amide bonds. The molecule has 126 valence electrons. The lowest BCUT2D eigenvalue weighted by Crippen LogP contribution is -2.17. The summed E-state index contributed by atoms with van der Waals surface area (Å²) in [7, 11) is 0. The first-order valence-corrected chi connectivity index (χ1v) is 8.40. The molecule has 0 saturated heterocycles. The third-order valence-corrected chi connectivity index (χ3v) is 3.78. The van der Waals surface area contributed by atoms with Crippen LogP contribution in [0.2, 0.25) is 0 Å². The molecule has 0 unspecified atom stereocenters. The molecule has 2 N–H and O–H groups in total. The summed E-state index contributed by atoms with van der Waals surface area (Å²) in [6.45, 7) is 7.99. The summed E-state index contributed by atoms with van der Waals surface area (Å²) in [4.78, 5) is 4.69. The van der Waals surface area contributed by atoms with E-state index in [4.69, 9.17) is 10.5 Å². The lowest BCUT2D eigenvalue weighted by atomic mass is 9.89. The highest BCUT2D eigenvalue weighted by Gasteiger charge is 2.20. The Labute approximate surface area is 138 Å². The van der Waals surface area contributed by atoms with Crippen LogP contribution >= 0.6 is 0 Å². The fourth-order valence-electron chi connectivity index (χ4n) is 2.85. The van der Waals surface area contributed by atoms with Crippen molar-refractivity contribution < 1.29 is 9.13 Å². The number of nitrogens with two attached hydrogens (primary N) is 1. The van der Waals surface area contributed by atoms with Crippen molar-refractivity contribution in [2.24, 2.45) is 10.7 Å². The smallest absolute Gasteiger partial charge is 0.132 e. The van der Waals surface area contributed by atoms with Gasteiger partial charge in [-0.2, -0.15) is 0 Å². The minimum absolute atomic E-state index is 0.0370. The van der Waals surface area contributed by atoms with Crippen molar-refractivity contribution >= 4 is 11.4 Å². The molecular formula is C19H27FN2O. The quantitative estimate of drug-likeness (QED) is 0.874. The molecular weight excluding hydrogens is 291 g/mol. The Morgan fingerprint density at radius 3 is 2.52 bits per heavy atom. The van der Waals surface area contributed by atoms with E-state index in [1.165, 1.54) is 6.07 Å². The van der Waals surface area contributed by atoms with Crippen LogP contribution in [0.5, 0.6) is 5.75 Å². The zero-order valence-electron chi connectivity index (χ0n) is 14.5. The lowest BCUT2D eigenvalue weighted by Gasteiger charge is -2.21. The van der Waals surface area contributed by atoms with E-state index in [9.17, 15) is 4.39 Å². The van der Waals surface area contributed by atoms with Crippen molar-refractivity contribution in [3.05, 3.63) is 35.2 Å². The van der Waals surface area contributed by atoms with Gasteiger partial charge in [-0.1, -0.05) is 0 Å². The summed E-state index contributed by atoms with van der Waals surface area (Å²) in [5, 5.41) is 0. The van der Waals surface area contributed by atoms with Gasteiger partial charge in [0.05, 0.1) is 6.10 Å². The van der Waals surface area contributed by atoms with Crippen molar-refractivity contribution in [3.8, 4) is 5.75 Å². The number of rotatable bonds is 4. The molecule has 1 aliphatic rings. The zero-order valence-corrected chi connectivity index (χ0v) is 14.5. The molecule has 1 aliphatic carbocycles. The Kier molecular flexibility index (Phi) is 5.80. The van der Waals surface area contributed by atoms with Crippen LogP contribution in [0.4, 0.5) is 4.39 Å². The first-order valence-electron chi connectivity index (χ1n) is 8.40. The maximum Gasteiger partial charge on any atom is 0.132 e. The molecule has 0 aromatic heterocycles. The maximum absolute atomic E-state index is 14.3. The van der Waals surface area contributed by atoms with Gasteiger partial charge < -0.3 is 10.5 Å². The van der Waals surface area contributed by atoms with Gasteiger partial charge in [0, 0.05) is 23.0 Å². The molecule has 0 aliphatic heterocycles. The molecule has 2 rings (SSSR count). The molecule has 1 fully saturated rings. The average Bonchev–Trinajstić information content (AvgIpc) is 2.48. The highest BCUT2D eigenvalue weighted by atomic mass is 19.1. The predicted octanol–water partition coefficient (Wildman–Crippen LogP) is 4.71. The SMILES string of the molecule is CC(C)N=C1CCCCC1=C(N)c1cc(OC(C)C)ccc1F. The Bertz CT molecular complexity index is 618. The predicted molar refractivity (Wildman–Crippen MR) is 94.3 cm³/mol. The van der Waals surface area contributed by atoms with Crippen LogP contribution in [0.1, 0.15) is 58.9 Å². The van der Waals surface area contributed by atoms with Gasteiger partial charge in [-0.05, 0) is 77.2 Å². The number of ether oxygens (including phenoxy) is 1. The van der Waals surface area contributed by atoms with Gasteiger partial charge >= 0.3 is 0 Å². The van der Waals surface area contributed by atoms with E-state index < -0.39 is 0 Å². The fourth-order valence-corrected chi connectivity index (χ4v) is 2.85. The molecule has 1 aromatic rings. The summed E-state index contributed by atoms with van der Waals surface area (Å²) < 4.78 is 20.0. The van der Waals surface area contributed by atoms with Crippen molar-refractivity contribution in [3.63, 3.8) is 0 Å². The Morgan fingerprint density at radius 2 is 1.87 bits per heavy atom. The molecule has 1 aromatic carbocycles. The van der Waals surface area contributed by atoms with Crippen LogP contribution in [0.15, 0.2) is 28.8 Å². The highest BCUT2D eigenvalue weighted by Crippen LogP contribution is 2.30. The van der Waals surface area contributed by atoms with Crippen LogP contribution in [-0.2, 0) is 0 Å². The van der Waals surface area contributed by atoms with Gasteiger partial charge in [-0.3, -0.25) is 4.99 Å². The Morgan fingerprint density at radius 1 is 1.17 bits per heavy atom.